The van der Waals surface area contributed by atoms with Crippen LogP contribution in [0.4, 0.5) is 10.1 Å². The van der Waals surface area contributed by atoms with Gasteiger partial charge in [-0.2, -0.15) is 4.98 Å². The molecule has 1 amide bonds. The first kappa shape index (κ1) is 17.4. The van der Waals surface area contributed by atoms with Gasteiger partial charge in [0.2, 0.25) is 5.91 Å². The van der Waals surface area contributed by atoms with Crippen molar-refractivity contribution in [3.8, 4) is 11.6 Å². The number of benzene rings is 1. The van der Waals surface area contributed by atoms with Crippen molar-refractivity contribution in [2.45, 2.75) is 25.3 Å². The molecule has 1 N–H and O–H groups in total. The molecule has 1 aliphatic carbocycles. The second kappa shape index (κ2) is 6.96. The highest BCUT2D eigenvalue weighted by Crippen LogP contribution is 2.38. The predicted molar refractivity (Wildman–Crippen MR) is 96.0 cm³/mol. The van der Waals surface area contributed by atoms with Crippen LogP contribution in [0, 0.1) is 5.82 Å². The summed E-state index contributed by atoms with van der Waals surface area (Å²) in [6.45, 7) is -0.335. The molecule has 0 unspecified atom stereocenters. The molecule has 0 aliphatic heterocycles. The van der Waals surface area contributed by atoms with Crippen molar-refractivity contribution < 1.29 is 13.7 Å². The molecule has 9 heteroatoms. The van der Waals surface area contributed by atoms with Crippen molar-refractivity contribution in [3.05, 3.63) is 63.4 Å². The van der Waals surface area contributed by atoms with E-state index in [1.54, 1.807) is 12.1 Å². The van der Waals surface area contributed by atoms with Gasteiger partial charge in [-0.05, 0) is 37.1 Å². The molecule has 0 saturated heterocycles. The Bertz CT molecular complexity index is 1070. The maximum Gasteiger partial charge on any atom is 0.274 e. The average molecular weight is 389 g/mol. The number of aromatic nitrogens is 3. The highest BCUT2D eigenvalue weighted by molar-refractivity contribution is 6.30. The van der Waals surface area contributed by atoms with Crippen molar-refractivity contribution in [1.82, 2.24) is 14.7 Å². The summed E-state index contributed by atoms with van der Waals surface area (Å²) in [5, 5.41) is 6.57. The van der Waals surface area contributed by atoms with E-state index >= 15 is 0 Å². The van der Waals surface area contributed by atoms with Gasteiger partial charge in [0.05, 0.1) is 5.69 Å². The zero-order valence-electron chi connectivity index (χ0n) is 14.0. The Balaban J connectivity index is 1.59. The Kier molecular flexibility index (Phi) is 4.49. The summed E-state index contributed by atoms with van der Waals surface area (Å²) in [5.41, 5.74) is -0.109. The van der Waals surface area contributed by atoms with Gasteiger partial charge >= 0.3 is 0 Å². The number of pyridine rings is 1. The molecule has 0 bridgehead atoms. The summed E-state index contributed by atoms with van der Waals surface area (Å²) >= 11 is 5.70. The van der Waals surface area contributed by atoms with E-state index < -0.39 is 17.3 Å². The summed E-state index contributed by atoms with van der Waals surface area (Å²) in [6, 6.07) is 8.38. The fraction of sp³-hybridized carbons (Fsp3) is 0.222. The van der Waals surface area contributed by atoms with E-state index in [-0.39, 0.29) is 23.1 Å². The first-order valence-corrected chi connectivity index (χ1v) is 8.68. The van der Waals surface area contributed by atoms with Crippen LogP contribution < -0.4 is 10.9 Å². The average Bonchev–Trinajstić information content (AvgIpc) is 3.37. The van der Waals surface area contributed by atoms with E-state index in [1.165, 1.54) is 22.8 Å². The lowest BCUT2D eigenvalue weighted by molar-refractivity contribution is -0.116. The standard InChI is InChI=1S/C18H14ClFN4O3/c19-11-6-7-13(12(20)8-11)21-15(25)9-24-14(2-1-3-16(24)26)18-22-17(23-27-18)10-4-5-10/h1-3,6-8,10H,4-5,9H2,(H,21,25). The second-order valence-electron chi connectivity index (χ2n) is 6.24. The maximum absolute atomic E-state index is 13.9. The number of amides is 1. The molecule has 0 atom stereocenters. The lowest BCUT2D eigenvalue weighted by Gasteiger charge is -2.11. The molecule has 1 fully saturated rings. The number of halogens is 2. The fourth-order valence-corrected chi connectivity index (χ4v) is 2.80. The Morgan fingerprint density at radius 2 is 2.15 bits per heavy atom. The lowest BCUT2D eigenvalue weighted by Crippen LogP contribution is -2.28. The predicted octanol–water partition coefficient (Wildman–Crippen LogP) is 3.21. The molecule has 0 radical (unpaired) electrons. The number of carbonyl (C=O) groups is 1. The van der Waals surface area contributed by atoms with Crippen LogP contribution in [0.5, 0.6) is 0 Å². The third-order valence-corrected chi connectivity index (χ3v) is 4.40. The van der Waals surface area contributed by atoms with Gasteiger partial charge in [0.15, 0.2) is 5.82 Å². The van der Waals surface area contributed by atoms with Gasteiger partial charge in [-0.1, -0.05) is 22.8 Å². The fourth-order valence-electron chi connectivity index (χ4n) is 2.64. The molecule has 0 spiro atoms. The number of hydrogen-bond acceptors (Lipinski definition) is 5. The van der Waals surface area contributed by atoms with Crippen LogP contribution in [0.25, 0.3) is 11.6 Å². The van der Waals surface area contributed by atoms with Crippen LogP contribution in [-0.4, -0.2) is 20.6 Å². The maximum atomic E-state index is 13.9. The zero-order valence-corrected chi connectivity index (χ0v) is 14.7. The Morgan fingerprint density at radius 1 is 1.33 bits per heavy atom. The summed E-state index contributed by atoms with van der Waals surface area (Å²) in [5.74, 6) is -0.182. The minimum Gasteiger partial charge on any atom is -0.332 e. The van der Waals surface area contributed by atoms with Crippen LogP contribution in [-0.2, 0) is 11.3 Å². The van der Waals surface area contributed by atoms with E-state index in [0.717, 1.165) is 18.9 Å². The number of rotatable bonds is 5. The van der Waals surface area contributed by atoms with Crippen molar-refractivity contribution in [2.75, 3.05) is 5.32 Å². The SMILES string of the molecule is O=C(Cn1c(-c2nc(C3CC3)no2)cccc1=O)Nc1ccc(Cl)cc1F. The second-order valence-corrected chi connectivity index (χ2v) is 6.68. The minimum atomic E-state index is -0.664. The van der Waals surface area contributed by atoms with E-state index in [0.29, 0.717) is 17.4 Å². The largest absolute Gasteiger partial charge is 0.332 e. The molecular formula is C18H14ClFN4O3. The molecular weight excluding hydrogens is 375 g/mol. The summed E-state index contributed by atoms with van der Waals surface area (Å²) in [7, 11) is 0. The number of nitrogens with one attached hydrogen (secondary N) is 1. The molecule has 2 aromatic heterocycles. The topological polar surface area (TPSA) is 90.0 Å². The number of nitrogens with zero attached hydrogens (tertiary/aromatic N) is 3. The third-order valence-electron chi connectivity index (χ3n) is 4.16. The van der Waals surface area contributed by atoms with E-state index in [1.807, 2.05) is 0 Å². The number of anilines is 1. The molecule has 2 heterocycles. The van der Waals surface area contributed by atoms with Crippen LogP contribution in [0.1, 0.15) is 24.6 Å². The van der Waals surface area contributed by atoms with Gasteiger partial charge in [0, 0.05) is 17.0 Å². The molecule has 4 rings (SSSR count). The Hall–Kier alpha value is -3.00. The van der Waals surface area contributed by atoms with Crippen LogP contribution in [0.15, 0.2) is 45.7 Å². The van der Waals surface area contributed by atoms with Gasteiger partial charge in [-0.25, -0.2) is 4.39 Å². The normalized spacial score (nSPS) is 13.6. The first-order chi connectivity index (χ1) is 13.0. The molecule has 1 aromatic carbocycles. The molecule has 3 aromatic rings. The van der Waals surface area contributed by atoms with Crippen LogP contribution in [0.2, 0.25) is 5.02 Å². The highest BCUT2D eigenvalue weighted by Gasteiger charge is 2.29. The van der Waals surface area contributed by atoms with Gasteiger partial charge in [0.1, 0.15) is 18.1 Å². The third kappa shape index (κ3) is 3.75. The number of carbonyl (C=O) groups excluding carboxylic acids is 1. The Labute approximate surface area is 157 Å². The smallest absolute Gasteiger partial charge is 0.274 e. The van der Waals surface area contributed by atoms with Crippen molar-refractivity contribution in [1.29, 1.82) is 0 Å². The van der Waals surface area contributed by atoms with E-state index in [9.17, 15) is 14.0 Å². The van der Waals surface area contributed by atoms with Gasteiger partial charge in [0.25, 0.3) is 11.4 Å². The monoisotopic (exact) mass is 388 g/mol. The summed E-state index contributed by atoms with van der Waals surface area (Å²) in [4.78, 5) is 28.9. The van der Waals surface area contributed by atoms with Crippen molar-refractivity contribution >= 4 is 23.2 Å². The van der Waals surface area contributed by atoms with Crippen molar-refractivity contribution in [2.24, 2.45) is 0 Å². The number of hydrogen-bond donors (Lipinski definition) is 1. The van der Waals surface area contributed by atoms with Gasteiger partial charge < -0.3 is 9.84 Å². The molecule has 1 saturated carbocycles. The quantitative estimate of drug-likeness (QED) is 0.724. The van der Waals surface area contributed by atoms with Crippen LogP contribution in [0.3, 0.4) is 0 Å². The van der Waals surface area contributed by atoms with Crippen molar-refractivity contribution in [3.63, 3.8) is 0 Å². The Morgan fingerprint density at radius 3 is 2.89 bits per heavy atom. The summed E-state index contributed by atoms with van der Waals surface area (Å²) in [6.07, 6.45) is 2.02. The van der Waals surface area contributed by atoms with Gasteiger partial charge in [-0.3, -0.25) is 14.2 Å². The zero-order chi connectivity index (χ0) is 19.0. The molecule has 27 heavy (non-hydrogen) atoms. The molecule has 1 aliphatic rings. The molecule has 7 nitrogen and oxygen atoms in total. The van der Waals surface area contributed by atoms with Crippen LogP contribution >= 0.6 is 11.6 Å². The first-order valence-electron chi connectivity index (χ1n) is 8.30. The molecule has 138 valence electrons. The van der Waals surface area contributed by atoms with E-state index in [2.05, 4.69) is 15.5 Å². The minimum absolute atomic E-state index is 0.0243. The van der Waals surface area contributed by atoms with Gasteiger partial charge in [-0.15, -0.1) is 0 Å². The lowest BCUT2D eigenvalue weighted by atomic mass is 10.3. The van der Waals surface area contributed by atoms with E-state index in [4.69, 9.17) is 16.1 Å². The highest BCUT2D eigenvalue weighted by atomic mass is 35.5. The summed E-state index contributed by atoms with van der Waals surface area (Å²) < 4.78 is 20.3.